The first-order valence-electron chi connectivity index (χ1n) is 7.59. The zero-order chi connectivity index (χ0) is 15.9. The Morgan fingerprint density at radius 2 is 2.05 bits per heavy atom. The zero-order valence-corrected chi connectivity index (χ0v) is 12.8. The van der Waals surface area contributed by atoms with Gasteiger partial charge in [-0.05, 0) is 38.0 Å². The van der Waals surface area contributed by atoms with Gasteiger partial charge in [-0.2, -0.15) is 0 Å². The van der Waals surface area contributed by atoms with E-state index in [2.05, 4.69) is 5.32 Å². The SMILES string of the molecule is CCOC(=O)c1ccc(N)c(OCC(=O)NC2CCCC2)c1. The van der Waals surface area contributed by atoms with Crippen LogP contribution >= 0.6 is 0 Å². The average molecular weight is 306 g/mol. The average Bonchev–Trinajstić information content (AvgIpc) is 2.99. The molecule has 1 fully saturated rings. The molecule has 1 saturated carbocycles. The lowest BCUT2D eigenvalue weighted by molar-refractivity contribution is -0.123. The summed E-state index contributed by atoms with van der Waals surface area (Å²) in [5.41, 5.74) is 6.53. The number of hydrogen-bond donors (Lipinski definition) is 2. The van der Waals surface area contributed by atoms with Gasteiger partial charge < -0.3 is 20.5 Å². The van der Waals surface area contributed by atoms with Crippen LogP contribution in [0.2, 0.25) is 0 Å². The molecule has 0 atom stereocenters. The number of hydrogen-bond acceptors (Lipinski definition) is 5. The van der Waals surface area contributed by atoms with Crippen molar-refractivity contribution in [2.75, 3.05) is 18.9 Å². The molecule has 1 aromatic carbocycles. The van der Waals surface area contributed by atoms with E-state index in [-0.39, 0.29) is 18.6 Å². The van der Waals surface area contributed by atoms with Gasteiger partial charge in [0.25, 0.3) is 5.91 Å². The maximum absolute atomic E-state index is 11.8. The van der Waals surface area contributed by atoms with Gasteiger partial charge in [-0.25, -0.2) is 4.79 Å². The molecule has 1 amide bonds. The topological polar surface area (TPSA) is 90.7 Å². The van der Waals surface area contributed by atoms with Crippen molar-refractivity contribution in [3.05, 3.63) is 23.8 Å². The molecule has 0 spiro atoms. The van der Waals surface area contributed by atoms with E-state index in [9.17, 15) is 9.59 Å². The second kappa shape index (κ2) is 7.68. The van der Waals surface area contributed by atoms with E-state index in [1.807, 2.05) is 0 Å². The number of nitrogens with two attached hydrogens (primary N) is 1. The van der Waals surface area contributed by atoms with Crippen LogP contribution < -0.4 is 15.8 Å². The van der Waals surface area contributed by atoms with Crippen molar-refractivity contribution in [1.29, 1.82) is 0 Å². The third-order valence-corrected chi connectivity index (χ3v) is 3.60. The van der Waals surface area contributed by atoms with Crippen LogP contribution in [0.1, 0.15) is 43.0 Å². The van der Waals surface area contributed by atoms with Crippen molar-refractivity contribution < 1.29 is 19.1 Å². The van der Waals surface area contributed by atoms with Crippen molar-refractivity contribution in [3.63, 3.8) is 0 Å². The first-order valence-corrected chi connectivity index (χ1v) is 7.59. The Kier molecular flexibility index (Phi) is 5.63. The molecule has 0 radical (unpaired) electrons. The van der Waals surface area contributed by atoms with Gasteiger partial charge in [0.15, 0.2) is 6.61 Å². The summed E-state index contributed by atoms with van der Waals surface area (Å²) in [5.74, 6) is -0.303. The number of ether oxygens (including phenoxy) is 2. The minimum Gasteiger partial charge on any atom is -0.482 e. The first-order chi connectivity index (χ1) is 10.6. The van der Waals surface area contributed by atoms with Crippen LogP contribution in [0.4, 0.5) is 5.69 Å². The van der Waals surface area contributed by atoms with E-state index >= 15 is 0 Å². The number of carbonyl (C=O) groups is 2. The van der Waals surface area contributed by atoms with Crippen LogP contribution in [0.5, 0.6) is 5.75 Å². The van der Waals surface area contributed by atoms with Crippen LogP contribution in [-0.2, 0) is 9.53 Å². The Labute approximate surface area is 130 Å². The zero-order valence-electron chi connectivity index (χ0n) is 12.8. The standard InChI is InChI=1S/C16H22N2O4/c1-2-21-16(20)11-7-8-13(17)14(9-11)22-10-15(19)18-12-5-3-4-6-12/h7-9,12H,2-6,10,17H2,1H3,(H,18,19). The Morgan fingerprint density at radius 1 is 1.32 bits per heavy atom. The molecule has 6 heteroatoms. The van der Waals surface area contributed by atoms with Crippen molar-refractivity contribution in [3.8, 4) is 5.75 Å². The molecule has 0 bridgehead atoms. The van der Waals surface area contributed by atoms with Gasteiger partial charge in [0.05, 0.1) is 17.9 Å². The number of nitrogen functional groups attached to an aromatic ring is 1. The fraction of sp³-hybridized carbons (Fsp3) is 0.500. The van der Waals surface area contributed by atoms with Gasteiger partial charge in [0.1, 0.15) is 5.75 Å². The van der Waals surface area contributed by atoms with E-state index in [4.69, 9.17) is 15.2 Å². The second-order valence-corrected chi connectivity index (χ2v) is 5.31. The van der Waals surface area contributed by atoms with Crippen LogP contribution in [0.25, 0.3) is 0 Å². The monoisotopic (exact) mass is 306 g/mol. The van der Waals surface area contributed by atoms with E-state index in [0.29, 0.717) is 23.6 Å². The minimum atomic E-state index is -0.442. The quantitative estimate of drug-likeness (QED) is 0.618. The Bertz CT molecular complexity index is 539. The summed E-state index contributed by atoms with van der Waals surface area (Å²) in [6.07, 6.45) is 4.35. The Morgan fingerprint density at radius 3 is 2.73 bits per heavy atom. The van der Waals surface area contributed by atoms with Crippen LogP contribution in [0, 0.1) is 0 Å². The normalized spacial score (nSPS) is 14.6. The molecule has 0 heterocycles. The van der Waals surface area contributed by atoms with Gasteiger partial charge in [-0.3, -0.25) is 4.79 Å². The number of benzene rings is 1. The molecule has 1 aliphatic rings. The molecule has 3 N–H and O–H groups in total. The summed E-state index contributed by atoms with van der Waals surface area (Å²) in [7, 11) is 0. The van der Waals surface area contributed by atoms with Crippen molar-refractivity contribution in [1.82, 2.24) is 5.32 Å². The third-order valence-electron chi connectivity index (χ3n) is 3.60. The summed E-state index contributed by atoms with van der Waals surface area (Å²) in [6.45, 7) is 1.91. The molecule has 1 aliphatic carbocycles. The van der Waals surface area contributed by atoms with Crippen LogP contribution in [-0.4, -0.2) is 31.1 Å². The van der Waals surface area contributed by atoms with Gasteiger partial charge in [-0.1, -0.05) is 12.8 Å². The molecular weight excluding hydrogens is 284 g/mol. The number of anilines is 1. The first kappa shape index (κ1) is 16.1. The summed E-state index contributed by atoms with van der Waals surface area (Å²) < 4.78 is 10.4. The second-order valence-electron chi connectivity index (χ2n) is 5.31. The molecule has 6 nitrogen and oxygen atoms in total. The molecule has 2 rings (SSSR count). The maximum atomic E-state index is 11.8. The molecular formula is C16H22N2O4. The highest BCUT2D eigenvalue weighted by Gasteiger charge is 2.17. The summed E-state index contributed by atoms with van der Waals surface area (Å²) in [4.78, 5) is 23.5. The molecule has 0 saturated heterocycles. The summed E-state index contributed by atoms with van der Waals surface area (Å²) in [5, 5.41) is 2.93. The van der Waals surface area contributed by atoms with Gasteiger partial charge in [0, 0.05) is 6.04 Å². The van der Waals surface area contributed by atoms with Gasteiger partial charge >= 0.3 is 5.97 Å². The fourth-order valence-electron chi connectivity index (χ4n) is 2.48. The molecule has 22 heavy (non-hydrogen) atoms. The van der Waals surface area contributed by atoms with Crippen LogP contribution in [0.15, 0.2) is 18.2 Å². The molecule has 0 aromatic heterocycles. The highest BCUT2D eigenvalue weighted by atomic mass is 16.5. The number of rotatable bonds is 6. The number of nitrogens with one attached hydrogen (secondary N) is 1. The highest BCUT2D eigenvalue weighted by molar-refractivity contribution is 5.90. The molecule has 0 aliphatic heterocycles. The van der Waals surface area contributed by atoms with E-state index in [0.717, 1.165) is 25.7 Å². The Hall–Kier alpha value is -2.24. The number of carbonyl (C=O) groups excluding carboxylic acids is 2. The van der Waals surface area contributed by atoms with E-state index in [1.165, 1.54) is 6.07 Å². The lowest BCUT2D eigenvalue weighted by Crippen LogP contribution is -2.36. The number of amides is 1. The largest absolute Gasteiger partial charge is 0.482 e. The predicted molar refractivity (Wildman–Crippen MR) is 82.7 cm³/mol. The van der Waals surface area contributed by atoms with E-state index in [1.54, 1.807) is 19.1 Å². The lowest BCUT2D eigenvalue weighted by atomic mass is 10.2. The molecule has 1 aromatic rings. The third kappa shape index (κ3) is 4.38. The van der Waals surface area contributed by atoms with Gasteiger partial charge in [-0.15, -0.1) is 0 Å². The predicted octanol–water partition coefficient (Wildman–Crippen LogP) is 1.88. The number of esters is 1. The smallest absolute Gasteiger partial charge is 0.338 e. The van der Waals surface area contributed by atoms with Crippen molar-refractivity contribution >= 4 is 17.6 Å². The highest BCUT2D eigenvalue weighted by Crippen LogP contribution is 2.23. The van der Waals surface area contributed by atoms with Gasteiger partial charge in [0.2, 0.25) is 0 Å². The lowest BCUT2D eigenvalue weighted by Gasteiger charge is -2.13. The Balaban J connectivity index is 1.92. The molecule has 120 valence electrons. The summed E-state index contributed by atoms with van der Waals surface area (Å²) >= 11 is 0. The van der Waals surface area contributed by atoms with Crippen molar-refractivity contribution in [2.24, 2.45) is 0 Å². The van der Waals surface area contributed by atoms with Crippen LogP contribution in [0.3, 0.4) is 0 Å². The van der Waals surface area contributed by atoms with Crippen molar-refractivity contribution in [2.45, 2.75) is 38.6 Å². The van der Waals surface area contributed by atoms with E-state index < -0.39 is 5.97 Å². The maximum Gasteiger partial charge on any atom is 0.338 e. The molecule has 0 unspecified atom stereocenters. The minimum absolute atomic E-state index is 0.118. The fourth-order valence-corrected chi connectivity index (χ4v) is 2.48. The summed E-state index contributed by atoms with van der Waals surface area (Å²) in [6, 6.07) is 4.88.